The molecule has 0 radical (unpaired) electrons. The Morgan fingerprint density at radius 3 is 2.46 bits per heavy atom. The van der Waals surface area contributed by atoms with Gasteiger partial charge in [-0.1, -0.05) is 28.4 Å². The lowest BCUT2D eigenvalue weighted by Gasteiger charge is -2.13. The molecule has 0 fully saturated rings. The average Bonchev–Trinajstić information content (AvgIpc) is 3.03. The predicted molar refractivity (Wildman–Crippen MR) is 97.9 cm³/mol. The van der Waals surface area contributed by atoms with Gasteiger partial charge in [-0.2, -0.15) is 0 Å². The molecule has 0 N–H and O–H groups in total. The maximum absolute atomic E-state index is 12.6. The van der Waals surface area contributed by atoms with E-state index in [9.17, 15) is 4.79 Å². The maximum atomic E-state index is 12.6. The first-order chi connectivity index (χ1) is 12.5. The van der Waals surface area contributed by atoms with Gasteiger partial charge in [-0.25, -0.2) is 9.75 Å². The number of carbonyl (C=O) groups is 1. The van der Waals surface area contributed by atoms with Crippen molar-refractivity contribution < 1.29 is 9.63 Å². The van der Waals surface area contributed by atoms with Gasteiger partial charge in [-0.05, 0) is 35.9 Å². The Morgan fingerprint density at radius 1 is 1.19 bits per heavy atom. The van der Waals surface area contributed by atoms with E-state index in [0.29, 0.717) is 22.3 Å². The van der Waals surface area contributed by atoms with Gasteiger partial charge in [0.15, 0.2) is 5.69 Å². The molecule has 1 amide bonds. The summed E-state index contributed by atoms with van der Waals surface area (Å²) in [5.41, 5.74) is 2.32. The third kappa shape index (κ3) is 3.85. The van der Waals surface area contributed by atoms with E-state index >= 15 is 0 Å². The molecule has 2 aromatic heterocycles. The Kier molecular flexibility index (Phi) is 5.51. The number of aromatic nitrogens is 4. The highest BCUT2D eigenvalue weighted by molar-refractivity contribution is 6.34. The van der Waals surface area contributed by atoms with E-state index in [-0.39, 0.29) is 5.69 Å². The summed E-state index contributed by atoms with van der Waals surface area (Å²) in [7, 11) is 2.91. The standard InChI is InChI=1S/C17H15Cl2N5O2/c1-23(26-2)17(25)15-16(12-3-5-20-6-4-12)24(22-21-15)10-11-7-13(18)9-14(19)8-11/h3-9H,10H2,1-2H3. The Hall–Kier alpha value is -2.48. The van der Waals surface area contributed by atoms with Gasteiger partial charge >= 0.3 is 0 Å². The summed E-state index contributed by atoms with van der Waals surface area (Å²) in [6.07, 6.45) is 3.27. The van der Waals surface area contributed by atoms with Crippen LogP contribution in [0.2, 0.25) is 10.0 Å². The average molecular weight is 392 g/mol. The Balaban J connectivity index is 2.08. The van der Waals surface area contributed by atoms with Gasteiger partial charge in [-0.15, -0.1) is 5.10 Å². The number of carbonyl (C=O) groups excluding carboxylic acids is 1. The van der Waals surface area contributed by atoms with Gasteiger partial charge in [0.2, 0.25) is 0 Å². The second-order valence-electron chi connectivity index (χ2n) is 5.44. The number of pyridine rings is 1. The van der Waals surface area contributed by atoms with E-state index in [4.69, 9.17) is 28.0 Å². The minimum atomic E-state index is -0.408. The van der Waals surface area contributed by atoms with Crippen LogP contribution in [0.25, 0.3) is 11.3 Å². The molecular weight excluding hydrogens is 377 g/mol. The molecule has 2 heterocycles. The number of hydrogen-bond acceptors (Lipinski definition) is 5. The highest BCUT2D eigenvalue weighted by Gasteiger charge is 2.24. The summed E-state index contributed by atoms with van der Waals surface area (Å²) in [5.74, 6) is -0.408. The lowest BCUT2D eigenvalue weighted by Crippen LogP contribution is -2.26. The number of benzene rings is 1. The molecule has 0 spiro atoms. The van der Waals surface area contributed by atoms with Gasteiger partial charge in [0.1, 0.15) is 5.69 Å². The van der Waals surface area contributed by atoms with Gasteiger partial charge < -0.3 is 0 Å². The van der Waals surface area contributed by atoms with E-state index in [1.54, 1.807) is 47.4 Å². The van der Waals surface area contributed by atoms with Gasteiger partial charge in [0.05, 0.1) is 13.7 Å². The molecule has 0 saturated heterocycles. The summed E-state index contributed by atoms with van der Waals surface area (Å²) < 4.78 is 1.62. The van der Waals surface area contributed by atoms with Crippen molar-refractivity contribution in [3.05, 3.63) is 64.0 Å². The van der Waals surface area contributed by atoms with E-state index in [1.165, 1.54) is 14.2 Å². The zero-order valence-corrected chi connectivity index (χ0v) is 15.6. The molecule has 1 aromatic carbocycles. The van der Waals surface area contributed by atoms with Crippen molar-refractivity contribution in [1.82, 2.24) is 25.0 Å². The fourth-order valence-corrected chi connectivity index (χ4v) is 3.04. The Bertz CT molecular complexity index is 910. The third-order valence-corrected chi connectivity index (χ3v) is 4.14. The SMILES string of the molecule is CON(C)C(=O)c1nnn(Cc2cc(Cl)cc(Cl)c2)c1-c1ccncc1. The van der Waals surface area contributed by atoms with E-state index in [1.807, 2.05) is 0 Å². The molecule has 0 aliphatic carbocycles. The van der Waals surface area contributed by atoms with Crippen LogP contribution in [0.5, 0.6) is 0 Å². The number of nitrogens with zero attached hydrogens (tertiary/aromatic N) is 5. The number of halogens is 2. The number of amides is 1. The molecule has 3 aromatic rings. The lowest BCUT2D eigenvalue weighted by atomic mass is 10.1. The zero-order valence-electron chi connectivity index (χ0n) is 14.1. The first-order valence-corrected chi connectivity index (χ1v) is 8.36. The van der Waals surface area contributed by atoms with Gasteiger partial charge in [-0.3, -0.25) is 14.6 Å². The third-order valence-electron chi connectivity index (χ3n) is 3.71. The zero-order chi connectivity index (χ0) is 18.7. The van der Waals surface area contributed by atoms with Gasteiger partial charge in [0.25, 0.3) is 5.91 Å². The molecule has 0 unspecified atom stereocenters. The highest BCUT2D eigenvalue weighted by atomic mass is 35.5. The molecule has 0 atom stereocenters. The first kappa shape index (κ1) is 18.3. The molecule has 9 heteroatoms. The Morgan fingerprint density at radius 2 is 1.85 bits per heavy atom. The molecule has 0 aliphatic heterocycles. The van der Waals surface area contributed by atoms with Crippen LogP contribution in [-0.2, 0) is 11.4 Å². The van der Waals surface area contributed by atoms with Crippen LogP contribution in [-0.4, -0.2) is 45.1 Å². The van der Waals surface area contributed by atoms with Crippen molar-refractivity contribution in [2.24, 2.45) is 0 Å². The topological polar surface area (TPSA) is 73.1 Å². The smallest absolute Gasteiger partial charge is 0.274 e. The highest BCUT2D eigenvalue weighted by Crippen LogP contribution is 2.25. The van der Waals surface area contributed by atoms with Crippen molar-refractivity contribution >= 4 is 29.1 Å². The van der Waals surface area contributed by atoms with Crippen molar-refractivity contribution in [3.63, 3.8) is 0 Å². The molecule has 26 heavy (non-hydrogen) atoms. The molecule has 3 rings (SSSR count). The number of rotatable bonds is 5. The molecule has 0 aliphatic rings. The molecular formula is C17H15Cl2N5O2. The van der Waals surface area contributed by atoms with Crippen LogP contribution in [0.4, 0.5) is 0 Å². The molecule has 7 nitrogen and oxygen atoms in total. The Labute approximate surface area is 160 Å². The number of hydrogen-bond donors (Lipinski definition) is 0. The predicted octanol–water partition coefficient (Wildman–Crippen LogP) is 3.33. The molecule has 0 saturated carbocycles. The van der Waals surface area contributed by atoms with E-state index in [0.717, 1.165) is 16.2 Å². The summed E-state index contributed by atoms with van der Waals surface area (Å²) in [6.45, 7) is 0.342. The summed E-state index contributed by atoms with van der Waals surface area (Å²) in [5, 5.41) is 10.3. The van der Waals surface area contributed by atoms with Crippen molar-refractivity contribution in [2.75, 3.05) is 14.2 Å². The lowest BCUT2D eigenvalue weighted by molar-refractivity contribution is -0.0760. The quantitative estimate of drug-likeness (QED) is 0.623. The van der Waals surface area contributed by atoms with E-state index in [2.05, 4.69) is 15.3 Å². The van der Waals surface area contributed by atoms with Crippen LogP contribution in [0.1, 0.15) is 16.1 Å². The molecule has 134 valence electrons. The van der Waals surface area contributed by atoms with Crippen LogP contribution < -0.4 is 0 Å². The number of hydroxylamine groups is 2. The second kappa shape index (κ2) is 7.82. The summed E-state index contributed by atoms with van der Waals surface area (Å²) in [4.78, 5) is 21.6. The summed E-state index contributed by atoms with van der Waals surface area (Å²) in [6, 6.07) is 8.79. The van der Waals surface area contributed by atoms with Crippen molar-refractivity contribution in [1.29, 1.82) is 0 Å². The normalized spacial score (nSPS) is 10.8. The van der Waals surface area contributed by atoms with Gasteiger partial charge in [0, 0.05) is 35.1 Å². The van der Waals surface area contributed by atoms with Crippen LogP contribution in [0, 0.1) is 0 Å². The molecule has 0 bridgehead atoms. The van der Waals surface area contributed by atoms with Crippen molar-refractivity contribution in [3.8, 4) is 11.3 Å². The minimum Gasteiger partial charge on any atom is -0.274 e. The summed E-state index contributed by atoms with van der Waals surface area (Å²) >= 11 is 12.1. The van der Waals surface area contributed by atoms with Crippen LogP contribution in [0.3, 0.4) is 0 Å². The fourth-order valence-electron chi connectivity index (χ4n) is 2.47. The maximum Gasteiger partial charge on any atom is 0.299 e. The minimum absolute atomic E-state index is 0.175. The first-order valence-electron chi connectivity index (χ1n) is 7.60. The second-order valence-corrected chi connectivity index (χ2v) is 6.32. The van der Waals surface area contributed by atoms with Crippen LogP contribution in [0.15, 0.2) is 42.7 Å². The van der Waals surface area contributed by atoms with E-state index < -0.39 is 5.91 Å². The fraction of sp³-hybridized carbons (Fsp3) is 0.176. The van der Waals surface area contributed by atoms with Crippen molar-refractivity contribution in [2.45, 2.75) is 6.54 Å². The monoisotopic (exact) mass is 391 g/mol. The largest absolute Gasteiger partial charge is 0.299 e. The van der Waals surface area contributed by atoms with Crippen LogP contribution >= 0.6 is 23.2 Å².